The van der Waals surface area contributed by atoms with Crippen LogP contribution < -0.4 is 11.1 Å². The summed E-state index contributed by atoms with van der Waals surface area (Å²) in [4.78, 5) is 15.2. The van der Waals surface area contributed by atoms with Crippen LogP contribution in [-0.2, 0) is 4.79 Å². The second kappa shape index (κ2) is 5.31. The third kappa shape index (κ3) is 2.81. The molecular formula is C14H15F2N3O2. The molecule has 1 aromatic heterocycles. The van der Waals surface area contributed by atoms with Crippen LogP contribution in [0.4, 0.5) is 14.8 Å². The molecule has 1 aliphatic carbocycles. The Kier molecular flexibility index (Phi) is 3.48. The van der Waals surface area contributed by atoms with Gasteiger partial charge in [0.15, 0.2) is 17.2 Å². The zero-order chi connectivity index (χ0) is 15.0. The molecule has 2 aromatic rings. The molecule has 1 amide bonds. The zero-order valence-electron chi connectivity index (χ0n) is 11.2. The summed E-state index contributed by atoms with van der Waals surface area (Å²) in [5.41, 5.74) is 5.75. The fourth-order valence-corrected chi connectivity index (χ4v) is 2.68. The molecule has 0 atom stereocenters. The monoisotopic (exact) mass is 295 g/mol. The number of oxazole rings is 1. The molecule has 1 fully saturated rings. The average molecular weight is 295 g/mol. The molecule has 1 heterocycles. The van der Waals surface area contributed by atoms with Crippen molar-refractivity contribution >= 4 is 23.0 Å². The summed E-state index contributed by atoms with van der Waals surface area (Å²) < 4.78 is 31.6. The Labute approximate surface area is 119 Å². The van der Waals surface area contributed by atoms with Crippen molar-refractivity contribution in [3.63, 3.8) is 0 Å². The normalized spacial score (nSPS) is 22.4. The Hall–Kier alpha value is -2.18. The molecule has 0 unspecified atom stereocenters. The molecule has 112 valence electrons. The van der Waals surface area contributed by atoms with Gasteiger partial charge >= 0.3 is 0 Å². The van der Waals surface area contributed by atoms with Crippen LogP contribution in [0.2, 0.25) is 0 Å². The van der Waals surface area contributed by atoms with Crippen molar-refractivity contribution < 1.29 is 18.0 Å². The Morgan fingerprint density at radius 1 is 1.24 bits per heavy atom. The lowest BCUT2D eigenvalue weighted by molar-refractivity contribution is -0.122. The number of benzene rings is 1. The summed E-state index contributed by atoms with van der Waals surface area (Å²) in [5, 5.41) is 3.09. The van der Waals surface area contributed by atoms with Crippen LogP contribution in [0.15, 0.2) is 16.5 Å². The van der Waals surface area contributed by atoms with Gasteiger partial charge in [-0.1, -0.05) is 0 Å². The summed E-state index contributed by atoms with van der Waals surface area (Å²) in [6, 6.07) is 2.33. The van der Waals surface area contributed by atoms with Crippen molar-refractivity contribution in [3.05, 3.63) is 23.8 Å². The lowest BCUT2D eigenvalue weighted by Crippen LogP contribution is -2.32. The summed E-state index contributed by atoms with van der Waals surface area (Å²) in [5.74, 6) is -2.26. The van der Waals surface area contributed by atoms with Gasteiger partial charge in [0.25, 0.3) is 6.01 Å². The summed E-state index contributed by atoms with van der Waals surface area (Å²) in [6.07, 6.45) is 2.98. The Bertz CT molecular complexity index is 639. The largest absolute Gasteiger partial charge is 0.423 e. The van der Waals surface area contributed by atoms with Crippen molar-refractivity contribution in [2.45, 2.75) is 31.7 Å². The molecule has 5 nitrogen and oxygen atoms in total. The van der Waals surface area contributed by atoms with Crippen LogP contribution in [0.25, 0.3) is 11.1 Å². The maximum absolute atomic E-state index is 13.1. The number of amides is 1. The van der Waals surface area contributed by atoms with E-state index < -0.39 is 11.6 Å². The molecule has 1 aliphatic rings. The summed E-state index contributed by atoms with van der Waals surface area (Å²) >= 11 is 0. The van der Waals surface area contributed by atoms with Gasteiger partial charge in [-0.3, -0.25) is 4.79 Å². The van der Waals surface area contributed by atoms with E-state index in [9.17, 15) is 13.6 Å². The molecule has 0 radical (unpaired) electrons. The van der Waals surface area contributed by atoms with Crippen molar-refractivity contribution in [2.24, 2.45) is 11.7 Å². The quantitative estimate of drug-likeness (QED) is 0.912. The molecule has 0 saturated heterocycles. The predicted molar refractivity (Wildman–Crippen MR) is 72.5 cm³/mol. The van der Waals surface area contributed by atoms with Gasteiger partial charge in [-0.25, -0.2) is 8.78 Å². The number of fused-ring (bicyclic) bond motifs is 1. The fourth-order valence-electron chi connectivity index (χ4n) is 2.68. The highest BCUT2D eigenvalue weighted by Gasteiger charge is 2.25. The highest BCUT2D eigenvalue weighted by molar-refractivity contribution is 5.76. The Morgan fingerprint density at radius 2 is 1.90 bits per heavy atom. The van der Waals surface area contributed by atoms with Crippen molar-refractivity contribution in [1.82, 2.24) is 4.98 Å². The van der Waals surface area contributed by atoms with Crippen LogP contribution in [0.5, 0.6) is 0 Å². The number of primary amides is 1. The minimum absolute atomic E-state index is 0.0742. The Balaban J connectivity index is 1.70. The van der Waals surface area contributed by atoms with Gasteiger partial charge in [0.2, 0.25) is 5.91 Å². The van der Waals surface area contributed by atoms with Crippen LogP contribution in [0.3, 0.4) is 0 Å². The molecule has 21 heavy (non-hydrogen) atoms. The highest BCUT2D eigenvalue weighted by atomic mass is 19.2. The minimum atomic E-state index is -0.966. The summed E-state index contributed by atoms with van der Waals surface area (Å²) in [6.45, 7) is 0. The first-order chi connectivity index (χ1) is 10.0. The van der Waals surface area contributed by atoms with E-state index in [1.54, 1.807) is 0 Å². The topological polar surface area (TPSA) is 81.2 Å². The van der Waals surface area contributed by atoms with Crippen LogP contribution in [0, 0.1) is 17.6 Å². The first kappa shape index (κ1) is 13.8. The van der Waals surface area contributed by atoms with E-state index in [4.69, 9.17) is 10.2 Å². The van der Waals surface area contributed by atoms with E-state index >= 15 is 0 Å². The average Bonchev–Trinajstić information content (AvgIpc) is 2.81. The van der Waals surface area contributed by atoms with Gasteiger partial charge in [0, 0.05) is 24.1 Å². The number of nitrogens with one attached hydrogen (secondary N) is 1. The van der Waals surface area contributed by atoms with E-state index in [0.29, 0.717) is 0 Å². The first-order valence-electron chi connectivity index (χ1n) is 6.84. The number of hydrogen-bond donors (Lipinski definition) is 2. The Morgan fingerprint density at radius 3 is 2.57 bits per heavy atom. The smallest absolute Gasteiger partial charge is 0.295 e. The lowest BCUT2D eigenvalue weighted by atomic mass is 9.86. The number of carbonyl (C=O) groups is 1. The second-order valence-electron chi connectivity index (χ2n) is 5.35. The molecule has 0 bridgehead atoms. The van der Waals surface area contributed by atoms with E-state index in [0.717, 1.165) is 37.8 Å². The molecule has 1 saturated carbocycles. The van der Waals surface area contributed by atoms with Crippen LogP contribution >= 0.6 is 0 Å². The van der Waals surface area contributed by atoms with Gasteiger partial charge in [0.05, 0.1) is 0 Å². The fraction of sp³-hybridized carbons (Fsp3) is 0.429. The summed E-state index contributed by atoms with van der Waals surface area (Å²) in [7, 11) is 0. The predicted octanol–water partition coefficient (Wildman–Crippen LogP) is 2.56. The molecular weight excluding hydrogens is 280 g/mol. The van der Waals surface area contributed by atoms with Gasteiger partial charge in [-0.15, -0.1) is 0 Å². The minimum Gasteiger partial charge on any atom is -0.423 e. The van der Waals surface area contributed by atoms with E-state index in [-0.39, 0.29) is 35.0 Å². The SMILES string of the molecule is NC(=O)[C@H]1CC[C@H](Nc2nc3cc(F)c(F)cc3o2)CC1. The van der Waals surface area contributed by atoms with Gasteiger partial charge < -0.3 is 15.5 Å². The van der Waals surface area contributed by atoms with E-state index in [2.05, 4.69) is 10.3 Å². The van der Waals surface area contributed by atoms with E-state index in [1.165, 1.54) is 0 Å². The highest BCUT2D eigenvalue weighted by Crippen LogP contribution is 2.28. The molecule has 3 N–H and O–H groups in total. The maximum atomic E-state index is 13.1. The molecule has 0 spiro atoms. The van der Waals surface area contributed by atoms with Crippen molar-refractivity contribution in [3.8, 4) is 0 Å². The van der Waals surface area contributed by atoms with Gasteiger partial charge in [-0.05, 0) is 25.7 Å². The standard InChI is InChI=1S/C14H15F2N3O2/c15-9-5-11-12(6-10(9)16)21-14(19-11)18-8-3-1-7(2-4-8)13(17)20/h5-8H,1-4H2,(H2,17,20)(H,18,19)/t7-,8-. The van der Waals surface area contributed by atoms with Crippen molar-refractivity contribution in [2.75, 3.05) is 5.32 Å². The number of rotatable bonds is 3. The molecule has 1 aromatic carbocycles. The second-order valence-corrected chi connectivity index (χ2v) is 5.35. The van der Waals surface area contributed by atoms with Crippen molar-refractivity contribution in [1.29, 1.82) is 0 Å². The number of nitrogens with zero attached hydrogens (tertiary/aromatic N) is 1. The number of aromatic nitrogens is 1. The molecule has 3 rings (SSSR count). The number of nitrogens with two attached hydrogens (primary N) is 1. The lowest BCUT2D eigenvalue weighted by Gasteiger charge is -2.26. The maximum Gasteiger partial charge on any atom is 0.295 e. The van der Waals surface area contributed by atoms with Crippen LogP contribution in [-0.4, -0.2) is 16.9 Å². The van der Waals surface area contributed by atoms with E-state index in [1.807, 2.05) is 0 Å². The molecule has 0 aliphatic heterocycles. The van der Waals surface area contributed by atoms with Gasteiger partial charge in [-0.2, -0.15) is 4.98 Å². The van der Waals surface area contributed by atoms with Crippen LogP contribution in [0.1, 0.15) is 25.7 Å². The number of hydrogen-bond acceptors (Lipinski definition) is 4. The molecule has 7 heteroatoms. The number of carbonyl (C=O) groups excluding carboxylic acids is 1. The number of anilines is 1. The van der Waals surface area contributed by atoms with Gasteiger partial charge in [0.1, 0.15) is 5.52 Å². The number of halogens is 2. The first-order valence-corrected chi connectivity index (χ1v) is 6.84. The third-order valence-electron chi connectivity index (χ3n) is 3.89. The zero-order valence-corrected chi connectivity index (χ0v) is 11.2. The third-order valence-corrected chi connectivity index (χ3v) is 3.89.